The zero-order valence-corrected chi connectivity index (χ0v) is 9.20. The minimum atomic E-state index is -1.06. The Hall–Kier alpha value is -1.59. The van der Waals surface area contributed by atoms with Crippen molar-refractivity contribution in [2.24, 2.45) is 5.41 Å². The van der Waals surface area contributed by atoms with Crippen molar-refractivity contribution in [2.45, 2.75) is 19.9 Å². The third kappa shape index (κ3) is 3.57. The smallest absolute Gasteiger partial charge is 0.407 e. The molecule has 0 saturated heterocycles. The number of hydrogen-bond acceptors (Lipinski definition) is 5. The Morgan fingerprint density at radius 1 is 1.27 bits per heavy atom. The molecule has 0 bridgehead atoms. The molecule has 0 heterocycles. The fraction of sp³-hybridized carbons (Fsp3) is 0.667. The number of nitrogens with one attached hydrogen (secondary N) is 1. The van der Waals surface area contributed by atoms with E-state index in [4.69, 9.17) is 0 Å². The van der Waals surface area contributed by atoms with Gasteiger partial charge in [0.2, 0.25) is 0 Å². The van der Waals surface area contributed by atoms with Gasteiger partial charge in [-0.2, -0.15) is 0 Å². The Bertz CT molecular complexity index is 261. The molecule has 86 valence electrons. The number of alkyl carbamates (subject to hydrolysis) is 1. The highest BCUT2D eigenvalue weighted by atomic mass is 16.5. The van der Waals surface area contributed by atoms with Crippen molar-refractivity contribution in [1.82, 2.24) is 5.32 Å². The molecule has 0 aromatic carbocycles. The van der Waals surface area contributed by atoms with Crippen molar-refractivity contribution in [2.75, 3.05) is 14.2 Å². The number of carbonyl (C=O) groups is 3. The van der Waals surface area contributed by atoms with E-state index in [1.54, 1.807) is 0 Å². The molecule has 1 amide bonds. The number of hydrogen-bond donors (Lipinski definition) is 1. The SMILES string of the molecule is COC(=O)NC(C(=O)OC)C(C)(C)C=O. The topological polar surface area (TPSA) is 81.7 Å². The van der Waals surface area contributed by atoms with Crippen molar-refractivity contribution in [3.05, 3.63) is 0 Å². The van der Waals surface area contributed by atoms with Gasteiger partial charge >= 0.3 is 12.1 Å². The Morgan fingerprint density at radius 2 is 1.80 bits per heavy atom. The molecule has 15 heavy (non-hydrogen) atoms. The molecular weight excluding hydrogens is 202 g/mol. The summed E-state index contributed by atoms with van der Waals surface area (Å²) in [4.78, 5) is 33.0. The summed E-state index contributed by atoms with van der Waals surface area (Å²) in [7, 11) is 2.34. The second kappa shape index (κ2) is 5.33. The molecule has 0 radical (unpaired) electrons. The van der Waals surface area contributed by atoms with Crippen LogP contribution in [-0.4, -0.2) is 38.6 Å². The maximum absolute atomic E-state index is 11.3. The highest BCUT2D eigenvalue weighted by Gasteiger charge is 2.37. The third-order valence-corrected chi connectivity index (χ3v) is 1.93. The van der Waals surface area contributed by atoms with Crippen LogP contribution in [0.15, 0.2) is 0 Å². The summed E-state index contributed by atoms with van der Waals surface area (Å²) in [6, 6.07) is -1.06. The van der Waals surface area contributed by atoms with Crippen molar-refractivity contribution in [1.29, 1.82) is 0 Å². The number of rotatable bonds is 4. The number of carbonyl (C=O) groups excluding carboxylic acids is 3. The van der Waals surface area contributed by atoms with Gasteiger partial charge in [0, 0.05) is 0 Å². The van der Waals surface area contributed by atoms with Crippen LogP contribution < -0.4 is 5.32 Å². The maximum Gasteiger partial charge on any atom is 0.407 e. The van der Waals surface area contributed by atoms with E-state index < -0.39 is 23.5 Å². The minimum Gasteiger partial charge on any atom is -0.467 e. The summed E-state index contributed by atoms with van der Waals surface area (Å²) < 4.78 is 8.82. The normalized spacial score (nSPS) is 12.5. The van der Waals surface area contributed by atoms with E-state index in [2.05, 4.69) is 14.8 Å². The van der Waals surface area contributed by atoms with Crippen LogP contribution in [0.5, 0.6) is 0 Å². The molecule has 1 atom stereocenters. The highest BCUT2D eigenvalue weighted by Crippen LogP contribution is 2.18. The average Bonchev–Trinajstić information content (AvgIpc) is 2.24. The van der Waals surface area contributed by atoms with Gasteiger partial charge < -0.3 is 19.6 Å². The molecule has 0 aliphatic carbocycles. The van der Waals surface area contributed by atoms with Crippen LogP contribution in [-0.2, 0) is 19.1 Å². The van der Waals surface area contributed by atoms with Crippen LogP contribution in [0.2, 0.25) is 0 Å². The number of aldehydes is 1. The lowest BCUT2D eigenvalue weighted by molar-refractivity contribution is -0.147. The van der Waals surface area contributed by atoms with Gasteiger partial charge in [-0.15, -0.1) is 0 Å². The van der Waals surface area contributed by atoms with Crippen LogP contribution in [0, 0.1) is 5.41 Å². The van der Waals surface area contributed by atoms with Gasteiger partial charge in [-0.25, -0.2) is 9.59 Å². The maximum atomic E-state index is 11.3. The van der Waals surface area contributed by atoms with Crippen LogP contribution in [0.4, 0.5) is 4.79 Å². The molecule has 0 saturated carbocycles. The average molecular weight is 217 g/mol. The van der Waals surface area contributed by atoms with Gasteiger partial charge in [0.15, 0.2) is 0 Å². The van der Waals surface area contributed by atoms with Gasteiger partial charge in [0.1, 0.15) is 12.3 Å². The lowest BCUT2D eigenvalue weighted by atomic mass is 9.86. The first-order valence-corrected chi connectivity index (χ1v) is 4.27. The van der Waals surface area contributed by atoms with Crippen LogP contribution in [0.3, 0.4) is 0 Å². The Morgan fingerprint density at radius 3 is 2.13 bits per heavy atom. The Kier molecular flexibility index (Phi) is 4.77. The highest BCUT2D eigenvalue weighted by molar-refractivity contribution is 5.85. The molecule has 1 unspecified atom stereocenters. The van der Waals surface area contributed by atoms with Crippen molar-refractivity contribution in [3.8, 4) is 0 Å². The molecule has 0 aliphatic rings. The standard InChI is InChI=1S/C9H15NO5/c1-9(2,5-11)6(7(12)14-3)10-8(13)15-4/h5-6H,1-4H3,(H,10,13). The zero-order chi connectivity index (χ0) is 12.1. The summed E-state index contributed by atoms with van der Waals surface area (Å²) in [5, 5.41) is 2.24. The molecule has 0 spiro atoms. The van der Waals surface area contributed by atoms with Crippen molar-refractivity contribution < 1.29 is 23.9 Å². The number of methoxy groups -OCH3 is 2. The van der Waals surface area contributed by atoms with E-state index in [1.165, 1.54) is 21.0 Å². The first-order chi connectivity index (χ1) is 6.88. The predicted molar refractivity (Wildman–Crippen MR) is 51.2 cm³/mol. The van der Waals surface area contributed by atoms with Gasteiger partial charge in [-0.05, 0) is 0 Å². The van der Waals surface area contributed by atoms with E-state index in [-0.39, 0.29) is 0 Å². The second-order valence-corrected chi connectivity index (χ2v) is 3.53. The molecule has 6 heteroatoms. The van der Waals surface area contributed by atoms with Crippen LogP contribution >= 0.6 is 0 Å². The van der Waals surface area contributed by atoms with Crippen LogP contribution in [0.25, 0.3) is 0 Å². The van der Waals surface area contributed by atoms with Gasteiger partial charge in [0.05, 0.1) is 19.6 Å². The number of amides is 1. The van der Waals surface area contributed by atoms with Gasteiger partial charge in [-0.3, -0.25) is 0 Å². The summed E-state index contributed by atoms with van der Waals surface area (Å²) in [6.45, 7) is 3.02. The Labute approximate surface area is 87.9 Å². The zero-order valence-electron chi connectivity index (χ0n) is 9.20. The monoisotopic (exact) mass is 217 g/mol. The fourth-order valence-electron chi connectivity index (χ4n) is 0.911. The molecule has 0 rings (SSSR count). The molecule has 0 aromatic rings. The third-order valence-electron chi connectivity index (χ3n) is 1.93. The summed E-state index contributed by atoms with van der Waals surface area (Å²) in [6.07, 6.45) is -0.217. The van der Waals surface area contributed by atoms with Crippen molar-refractivity contribution >= 4 is 18.3 Å². The summed E-state index contributed by atoms with van der Waals surface area (Å²) >= 11 is 0. The van der Waals surface area contributed by atoms with E-state index in [1.807, 2.05) is 0 Å². The molecule has 0 aliphatic heterocycles. The second-order valence-electron chi connectivity index (χ2n) is 3.53. The summed E-state index contributed by atoms with van der Waals surface area (Å²) in [5.74, 6) is -0.697. The first-order valence-electron chi connectivity index (χ1n) is 4.27. The van der Waals surface area contributed by atoms with Gasteiger partial charge in [0.25, 0.3) is 0 Å². The molecule has 0 fully saturated rings. The van der Waals surface area contributed by atoms with E-state index in [0.29, 0.717) is 6.29 Å². The lowest BCUT2D eigenvalue weighted by Crippen LogP contribution is -2.51. The molecule has 0 aromatic heterocycles. The predicted octanol–water partition coefficient (Wildman–Crippen LogP) is 0.109. The van der Waals surface area contributed by atoms with E-state index in [9.17, 15) is 14.4 Å². The Balaban J connectivity index is 4.81. The van der Waals surface area contributed by atoms with Gasteiger partial charge in [-0.1, -0.05) is 13.8 Å². The van der Waals surface area contributed by atoms with E-state index >= 15 is 0 Å². The largest absolute Gasteiger partial charge is 0.467 e. The van der Waals surface area contributed by atoms with E-state index in [0.717, 1.165) is 7.11 Å². The minimum absolute atomic E-state index is 0.574. The summed E-state index contributed by atoms with van der Waals surface area (Å²) in [5.41, 5.74) is -1.05. The molecule has 6 nitrogen and oxygen atoms in total. The lowest BCUT2D eigenvalue weighted by Gasteiger charge is -2.26. The van der Waals surface area contributed by atoms with Crippen molar-refractivity contribution in [3.63, 3.8) is 0 Å². The molecule has 1 N–H and O–H groups in total. The number of esters is 1. The molecular formula is C9H15NO5. The number of ether oxygens (including phenoxy) is 2. The van der Waals surface area contributed by atoms with Crippen LogP contribution in [0.1, 0.15) is 13.8 Å². The quantitative estimate of drug-likeness (QED) is 0.534. The first kappa shape index (κ1) is 13.4. The fourth-order valence-corrected chi connectivity index (χ4v) is 0.911.